The SMILES string of the molecule is CCCCCCCCN(C(=O)C(Cc1ccccc1)NC(=O)OC(C)(C)C)C(C(=O)NC(C)C)c1cccc(O)c1. The smallest absolute Gasteiger partial charge is 0.408 e. The van der Waals surface area contributed by atoms with Crippen LogP contribution in [-0.4, -0.2) is 52.1 Å². The van der Waals surface area contributed by atoms with Gasteiger partial charge in [0.05, 0.1) is 0 Å². The monoisotopic (exact) mass is 567 g/mol. The van der Waals surface area contributed by atoms with Gasteiger partial charge in [-0.25, -0.2) is 4.79 Å². The molecular weight excluding hydrogens is 518 g/mol. The average Bonchev–Trinajstić information content (AvgIpc) is 2.88. The fraction of sp³-hybridized carbons (Fsp3) is 0.545. The van der Waals surface area contributed by atoms with Crippen LogP contribution in [0.15, 0.2) is 54.6 Å². The quantitative estimate of drug-likeness (QED) is 0.220. The minimum Gasteiger partial charge on any atom is -0.508 e. The number of phenols is 1. The summed E-state index contributed by atoms with van der Waals surface area (Å²) in [6, 6.07) is 13.8. The van der Waals surface area contributed by atoms with Crippen molar-refractivity contribution in [3.05, 3.63) is 65.7 Å². The van der Waals surface area contributed by atoms with Crippen molar-refractivity contribution >= 4 is 17.9 Å². The Labute approximate surface area is 245 Å². The number of unbranched alkanes of at least 4 members (excludes halogenated alkanes) is 5. The number of carbonyl (C=O) groups is 3. The van der Waals surface area contributed by atoms with Crippen LogP contribution in [-0.2, 0) is 20.7 Å². The van der Waals surface area contributed by atoms with Gasteiger partial charge >= 0.3 is 6.09 Å². The van der Waals surface area contributed by atoms with Crippen LogP contribution >= 0.6 is 0 Å². The highest BCUT2D eigenvalue weighted by molar-refractivity contribution is 5.92. The van der Waals surface area contributed by atoms with Gasteiger partial charge in [0.25, 0.3) is 0 Å². The number of nitrogens with one attached hydrogen (secondary N) is 2. The van der Waals surface area contributed by atoms with Gasteiger partial charge in [-0.1, -0.05) is 81.5 Å². The van der Waals surface area contributed by atoms with Crippen molar-refractivity contribution in [1.29, 1.82) is 0 Å². The Balaban J connectivity index is 2.50. The van der Waals surface area contributed by atoms with Gasteiger partial charge in [0.2, 0.25) is 11.8 Å². The second-order valence-corrected chi connectivity index (χ2v) is 11.8. The Kier molecular flexibility index (Phi) is 13.7. The van der Waals surface area contributed by atoms with Crippen molar-refractivity contribution < 1.29 is 24.2 Å². The summed E-state index contributed by atoms with van der Waals surface area (Å²) in [5, 5.41) is 16.0. The number of carbonyl (C=O) groups excluding carboxylic acids is 3. The van der Waals surface area contributed by atoms with Crippen molar-refractivity contribution in [3.8, 4) is 5.75 Å². The number of ether oxygens (including phenoxy) is 1. The van der Waals surface area contributed by atoms with Gasteiger partial charge in [0.1, 0.15) is 23.4 Å². The number of aromatic hydroxyl groups is 1. The minimum atomic E-state index is -0.994. The first-order valence-corrected chi connectivity index (χ1v) is 14.8. The average molecular weight is 568 g/mol. The molecule has 0 bridgehead atoms. The highest BCUT2D eigenvalue weighted by Crippen LogP contribution is 2.27. The second kappa shape index (κ2) is 16.7. The predicted molar refractivity (Wildman–Crippen MR) is 163 cm³/mol. The lowest BCUT2D eigenvalue weighted by atomic mass is 9.99. The first kappa shape index (κ1) is 33.7. The molecule has 0 radical (unpaired) electrons. The molecule has 0 aromatic heterocycles. The Morgan fingerprint density at radius 1 is 0.902 bits per heavy atom. The summed E-state index contributed by atoms with van der Waals surface area (Å²) in [7, 11) is 0. The molecule has 0 saturated carbocycles. The number of benzene rings is 2. The molecule has 0 aliphatic carbocycles. The van der Waals surface area contributed by atoms with E-state index in [1.807, 2.05) is 44.2 Å². The number of rotatable bonds is 15. The van der Waals surface area contributed by atoms with Gasteiger partial charge < -0.3 is 25.4 Å². The second-order valence-electron chi connectivity index (χ2n) is 11.8. The molecular formula is C33H49N3O5. The standard InChI is InChI=1S/C33H49N3O5/c1-7-8-9-10-11-15-21-36(29(30(38)34-24(2)3)26-19-16-20-27(37)23-26)31(39)28(22-25-17-13-12-14-18-25)35-32(40)41-33(4,5)6/h12-14,16-20,23-24,28-29,37H,7-11,15,21-22H2,1-6H3,(H,34,38)(H,35,40). The van der Waals surface area contributed by atoms with Crippen molar-refractivity contribution in [3.63, 3.8) is 0 Å². The third-order valence-corrected chi connectivity index (χ3v) is 6.48. The summed E-state index contributed by atoms with van der Waals surface area (Å²) < 4.78 is 5.50. The predicted octanol–water partition coefficient (Wildman–Crippen LogP) is 6.28. The lowest BCUT2D eigenvalue weighted by Crippen LogP contribution is -2.54. The van der Waals surface area contributed by atoms with Crippen LogP contribution in [0.1, 0.15) is 97.2 Å². The van der Waals surface area contributed by atoms with E-state index in [1.54, 1.807) is 37.8 Å². The number of amides is 3. The van der Waals surface area contributed by atoms with E-state index in [1.165, 1.54) is 12.1 Å². The molecule has 0 heterocycles. The highest BCUT2D eigenvalue weighted by Gasteiger charge is 2.36. The van der Waals surface area contributed by atoms with E-state index in [0.29, 0.717) is 18.5 Å². The molecule has 226 valence electrons. The summed E-state index contributed by atoms with van der Waals surface area (Å²) in [4.78, 5) is 42.5. The van der Waals surface area contributed by atoms with Gasteiger partial charge in [-0.05, 0) is 64.3 Å². The fourth-order valence-corrected chi connectivity index (χ4v) is 4.66. The van der Waals surface area contributed by atoms with E-state index in [-0.39, 0.29) is 30.0 Å². The number of hydrogen-bond acceptors (Lipinski definition) is 5. The molecule has 2 aromatic carbocycles. The number of phenolic OH excluding ortho intramolecular Hbond substituents is 1. The Hall–Kier alpha value is -3.55. The minimum absolute atomic E-state index is 0.00419. The normalized spacial score (nSPS) is 12.9. The van der Waals surface area contributed by atoms with E-state index >= 15 is 0 Å². The molecule has 0 saturated heterocycles. The molecule has 0 aliphatic rings. The summed E-state index contributed by atoms with van der Waals surface area (Å²) in [5.74, 6) is -0.731. The number of nitrogens with zero attached hydrogens (tertiary/aromatic N) is 1. The molecule has 0 aliphatic heterocycles. The van der Waals surface area contributed by atoms with Crippen LogP contribution in [0.3, 0.4) is 0 Å². The summed E-state index contributed by atoms with van der Waals surface area (Å²) >= 11 is 0. The van der Waals surface area contributed by atoms with Crippen LogP contribution in [0, 0.1) is 0 Å². The molecule has 3 N–H and O–H groups in total. The van der Waals surface area contributed by atoms with Gasteiger partial charge in [-0.15, -0.1) is 0 Å². The Morgan fingerprint density at radius 3 is 2.17 bits per heavy atom. The molecule has 3 amide bonds. The van der Waals surface area contributed by atoms with Crippen molar-refractivity contribution in [2.45, 2.75) is 110 Å². The van der Waals surface area contributed by atoms with E-state index in [9.17, 15) is 19.5 Å². The molecule has 2 atom stereocenters. The summed E-state index contributed by atoms with van der Waals surface area (Å²) in [6.07, 6.45) is 5.58. The topological polar surface area (TPSA) is 108 Å². The zero-order valence-corrected chi connectivity index (χ0v) is 25.6. The molecule has 41 heavy (non-hydrogen) atoms. The molecule has 8 nitrogen and oxygen atoms in total. The molecule has 0 spiro atoms. The number of hydrogen-bond donors (Lipinski definition) is 3. The van der Waals surface area contributed by atoms with E-state index < -0.39 is 23.8 Å². The van der Waals surface area contributed by atoms with Crippen LogP contribution in [0.2, 0.25) is 0 Å². The first-order chi connectivity index (χ1) is 19.4. The third kappa shape index (κ3) is 12.2. The Bertz CT molecular complexity index is 1100. The number of alkyl carbamates (subject to hydrolysis) is 1. The van der Waals surface area contributed by atoms with E-state index in [0.717, 1.165) is 37.7 Å². The largest absolute Gasteiger partial charge is 0.508 e. The van der Waals surface area contributed by atoms with Gasteiger partial charge in [0, 0.05) is 19.0 Å². The maximum Gasteiger partial charge on any atom is 0.408 e. The summed E-state index contributed by atoms with van der Waals surface area (Å²) in [5.41, 5.74) is 0.615. The van der Waals surface area contributed by atoms with Crippen LogP contribution in [0.5, 0.6) is 5.75 Å². The van der Waals surface area contributed by atoms with Crippen LogP contribution in [0.4, 0.5) is 4.79 Å². The molecule has 0 fully saturated rings. The van der Waals surface area contributed by atoms with Gasteiger partial charge in [-0.3, -0.25) is 9.59 Å². The van der Waals surface area contributed by atoms with Crippen molar-refractivity contribution in [1.82, 2.24) is 15.5 Å². The highest BCUT2D eigenvalue weighted by atomic mass is 16.6. The molecule has 2 aromatic rings. The summed E-state index contributed by atoms with van der Waals surface area (Å²) in [6.45, 7) is 11.5. The van der Waals surface area contributed by atoms with Crippen LogP contribution in [0.25, 0.3) is 0 Å². The van der Waals surface area contributed by atoms with Crippen molar-refractivity contribution in [2.24, 2.45) is 0 Å². The van der Waals surface area contributed by atoms with Crippen LogP contribution < -0.4 is 10.6 Å². The lowest BCUT2D eigenvalue weighted by molar-refractivity contribution is -0.142. The fourth-order valence-electron chi connectivity index (χ4n) is 4.66. The maximum absolute atomic E-state index is 14.4. The van der Waals surface area contributed by atoms with E-state index in [4.69, 9.17) is 4.74 Å². The molecule has 2 unspecified atom stereocenters. The molecule has 8 heteroatoms. The first-order valence-electron chi connectivity index (χ1n) is 14.8. The van der Waals surface area contributed by atoms with Crippen molar-refractivity contribution in [2.75, 3.05) is 6.54 Å². The van der Waals surface area contributed by atoms with E-state index in [2.05, 4.69) is 17.6 Å². The Morgan fingerprint density at radius 2 is 1.56 bits per heavy atom. The maximum atomic E-state index is 14.4. The van der Waals surface area contributed by atoms with Gasteiger partial charge in [0.15, 0.2) is 0 Å². The zero-order valence-electron chi connectivity index (χ0n) is 25.6. The molecule has 2 rings (SSSR count). The lowest BCUT2D eigenvalue weighted by Gasteiger charge is -2.35. The zero-order chi connectivity index (χ0) is 30.4. The third-order valence-electron chi connectivity index (χ3n) is 6.48. The van der Waals surface area contributed by atoms with Gasteiger partial charge in [-0.2, -0.15) is 0 Å².